The number of halogens is 2. The number of carbonyl (C=O) groups is 1. The Balaban J connectivity index is 2.18. The van der Waals surface area contributed by atoms with E-state index >= 15 is 0 Å². The van der Waals surface area contributed by atoms with Crippen molar-refractivity contribution < 1.29 is 9.53 Å². The van der Waals surface area contributed by atoms with Crippen molar-refractivity contribution in [1.29, 1.82) is 0 Å². The smallest absolute Gasteiger partial charge is 0.339 e. The number of ether oxygens (including phenoxy) is 1. The molecular formula is C16H16Cl2N2O2S. The largest absolute Gasteiger partial charge is 0.465 e. The molecule has 1 aromatic heterocycles. The molecule has 0 atom stereocenters. The van der Waals surface area contributed by atoms with Crippen LogP contribution in [0.1, 0.15) is 23.0 Å². The third-order valence-corrected chi connectivity index (χ3v) is 4.68. The Labute approximate surface area is 149 Å². The van der Waals surface area contributed by atoms with Crippen LogP contribution in [-0.2, 0) is 11.3 Å². The van der Waals surface area contributed by atoms with Crippen LogP contribution in [0.3, 0.4) is 0 Å². The van der Waals surface area contributed by atoms with Crippen LogP contribution in [0.15, 0.2) is 36.5 Å². The van der Waals surface area contributed by atoms with E-state index in [-0.39, 0.29) is 0 Å². The predicted octanol–water partition coefficient (Wildman–Crippen LogP) is 4.85. The SMILES string of the molecule is CCSN(Cc1ccc(C(=O)OC)cn1)c1ccc(Cl)c(Cl)c1. The van der Waals surface area contributed by atoms with E-state index in [0.29, 0.717) is 22.2 Å². The zero-order valence-electron chi connectivity index (χ0n) is 12.8. The van der Waals surface area contributed by atoms with Crippen molar-refractivity contribution in [3.8, 4) is 0 Å². The van der Waals surface area contributed by atoms with Gasteiger partial charge in [-0.2, -0.15) is 0 Å². The molecule has 0 unspecified atom stereocenters. The Kier molecular flexibility index (Phi) is 6.57. The monoisotopic (exact) mass is 370 g/mol. The van der Waals surface area contributed by atoms with E-state index in [9.17, 15) is 4.79 Å². The predicted molar refractivity (Wildman–Crippen MR) is 96.4 cm³/mol. The van der Waals surface area contributed by atoms with E-state index in [1.54, 1.807) is 24.1 Å². The number of hydrogen-bond acceptors (Lipinski definition) is 5. The molecule has 1 aromatic carbocycles. The van der Waals surface area contributed by atoms with Crippen molar-refractivity contribution in [2.75, 3.05) is 17.2 Å². The fraction of sp³-hybridized carbons (Fsp3) is 0.250. The molecule has 1 heterocycles. The molecule has 2 rings (SSSR count). The molecule has 0 aliphatic heterocycles. The third kappa shape index (κ3) is 4.77. The number of hydrogen-bond donors (Lipinski definition) is 0. The van der Waals surface area contributed by atoms with E-state index in [1.165, 1.54) is 13.3 Å². The first-order chi connectivity index (χ1) is 11.0. The summed E-state index contributed by atoms with van der Waals surface area (Å²) in [5, 5.41) is 1.04. The molecule has 0 aliphatic carbocycles. The van der Waals surface area contributed by atoms with Crippen molar-refractivity contribution in [1.82, 2.24) is 4.98 Å². The normalized spacial score (nSPS) is 10.4. The summed E-state index contributed by atoms with van der Waals surface area (Å²) in [5.41, 5.74) is 2.22. The van der Waals surface area contributed by atoms with Crippen LogP contribution in [0.2, 0.25) is 10.0 Å². The van der Waals surface area contributed by atoms with E-state index < -0.39 is 5.97 Å². The molecule has 0 N–H and O–H groups in total. The molecule has 0 spiro atoms. The molecule has 0 saturated heterocycles. The van der Waals surface area contributed by atoms with Crippen molar-refractivity contribution in [2.24, 2.45) is 0 Å². The van der Waals surface area contributed by atoms with Gasteiger partial charge in [0.25, 0.3) is 0 Å². The summed E-state index contributed by atoms with van der Waals surface area (Å²) >= 11 is 13.7. The summed E-state index contributed by atoms with van der Waals surface area (Å²) in [6, 6.07) is 9.04. The van der Waals surface area contributed by atoms with Crippen molar-refractivity contribution in [2.45, 2.75) is 13.5 Å². The number of aromatic nitrogens is 1. The van der Waals surface area contributed by atoms with E-state index in [0.717, 1.165) is 17.1 Å². The lowest BCUT2D eigenvalue weighted by Gasteiger charge is -2.23. The summed E-state index contributed by atoms with van der Waals surface area (Å²) in [6.07, 6.45) is 1.52. The molecule has 0 fully saturated rings. The second kappa shape index (κ2) is 8.43. The molecule has 7 heteroatoms. The maximum absolute atomic E-state index is 11.4. The lowest BCUT2D eigenvalue weighted by molar-refractivity contribution is 0.0600. The van der Waals surface area contributed by atoms with Gasteiger partial charge < -0.3 is 9.04 Å². The highest BCUT2D eigenvalue weighted by molar-refractivity contribution is 8.00. The first-order valence-electron chi connectivity index (χ1n) is 6.94. The van der Waals surface area contributed by atoms with Crippen LogP contribution in [0, 0.1) is 0 Å². The van der Waals surface area contributed by atoms with Crippen molar-refractivity contribution in [3.63, 3.8) is 0 Å². The van der Waals surface area contributed by atoms with Gasteiger partial charge in [-0.1, -0.05) is 30.1 Å². The average molecular weight is 371 g/mol. The minimum atomic E-state index is -0.395. The standard InChI is InChI=1S/C16H16Cl2N2O2S/c1-3-23-20(13-6-7-14(17)15(18)8-13)10-12-5-4-11(9-19-12)16(21)22-2/h4-9H,3,10H2,1-2H3. The number of benzene rings is 1. The van der Waals surface area contributed by atoms with Gasteiger partial charge in [-0.3, -0.25) is 4.98 Å². The molecule has 23 heavy (non-hydrogen) atoms. The average Bonchev–Trinajstić information content (AvgIpc) is 2.57. The summed E-state index contributed by atoms with van der Waals surface area (Å²) < 4.78 is 6.75. The summed E-state index contributed by atoms with van der Waals surface area (Å²) in [5.74, 6) is 0.508. The van der Waals surface area contributed by atoms with Crippen molar-refractivity contribution >= 4 is 46.8 Å². The van der Waals surface area contributed by atoms with Crippen LogP contribution >= 0.6 is 35.1 Å². The second-order valence-corrected chi connectivity index (χ2v) is 6.67. The Bertz CT molecular complexity index is 680. The van der Waals surface area contributed by atoms with Crippen LogP contribution in [-0.4, -0.2) is 23.8 Å². The lowest BCUT2D eigenvalue weighted by atomic mass is 10.2. The molecule has 2 aromatic rings. The van der Waals surface area contributed by atoms with Gasteiger partial charge in [0.1, 0.15) is 0 Å². The highest BCUT2D eigenvalue weighted by Crippen LogP contribution is 2.31. The zero-order valence-corrected chi connectivity index (χ0v) is 15.1. The zero-order chi connectivity index (χ0) is 16.8. The minimum absolute atomic E-state index is 0.395. The van der Waals surface area contributed by atoms with Crippen LogP contribution < -0.4 is 4.31 Å². The minimum Gasteiger partial charge on any atom is -0.465 e. The van der Waals surface area contributed by atoms with Crippen molar-refractivity contribution in [3.05, 3.63) is 57.8 Å². The topological polar surface area (TPSA) is 42.4 Å². The fourth-order valence-corrected chi connectivity index (χ4v) is 3.00. The highest BCUT2D eigenvalue weighted by atomic mass is 35.5. The first kappa shape index (κ1) is 17.9. The fourth-order valence-electron chi connectivity index (χ4n) is 1.91. The maximum Gasteiger partial charge on any atom is 0.339 e. The second-order valence-electron chi connectivity index (χ2n) is 4.58. The Hall–Kier alpha value is -1.43. The maximum atomic E-state index is 11.4. The van der Waals surface area contributed by atoms with Gasteiger partial charge >= 0.3 is 5.97 Å². The van der Waals surface area contributed by atoms with Gasteiger partial charge in [-0.25, -0.2) is 4.79 Å². The summed E-state index contributed by atoms with van der Waals surface area (Å²) in [6.45, 7) is 2.65. The number of rotatable bonds is 6. The van der Waals surface area contributed by atoms with Gasteiger partial charge in [0.2, 0.25) is 0 Å². The van der Waals surface area contributed by atoms with Crippen LogP contribution in [0.5, 0.6) is 0 Å². The number of anilines is 1. The van der Waals surface area contributed by atoms with E-state index in [1.807, 2.05) is 18.2 Å². The van der Waals surface area contributed by atoms with E-state index in [2.05, 4.69) is 20.9 Å². The molecule has 0 aliphatic rings. The first-order valence-corrected chi connectivity index (χ1v) is 8.63. The Morgan fingerprint density at radius 3 is 2.61 bits per heavy atom. The van der Waals surface area contributed by atoms with Gasteiger partial charge in [0.05, 0.1) is 35.0 Å². The molecular weight excluding hydrogens is 355 g/mol. The Morgan fingerprint density at radius 2 is 2.04 bits per heavy atom. The number of carbonyl (C=O) groups excluding carboxylic acids is 1. The van der Waals surface area contributed by atoms with Gasteiger partial charge in [-0.05, 0) is 42.3 Å². The molecule has 0 radical (unpaired) electrons. The summed E-state index contributed by atoms with van der Waals surface area (Å²) in [7, 11) is 1.35. The molecule has 4 nitrogen and oxygen atoms in total. The Morgan fingerprint density at radius 1 is 1.26 bits per heavy atom. The van der Waals surface area contributed by atoms with Gasteiger partial charge in [0.15, 0.2) is 0 Å². The lowest BCUT2D eigenvalue weighted by Crippen LogP contribution is -2.15. The molecule has 122 valence electrons. The quantitative estimate of drug-likeness (QED) is 0.536. The third-order valence-electron chi connectivity index (χ3n) is 3.03. The number of nitrogens with zero attached hydrogens (tertiary/aromatic N) is 2. The number of methoxy groups -OCH3 is 1. The molecule has 0 saturated carbocycles. The highest BCUT2D eigenvalue weighted by Gasteiger charge is 2.12. The van der Waals surface area contributed by atoms with E-state index in [4.69, 9.17) is 23.2 Å². The van der Waals surface area contributed by atoms with Gasteiger partial charge in [0, 0.05) is 17.6 Å². The molecule has 0 amide bonds. The number of pyridine rings is 1. The van der Waals surface area contributed by atoms with Crippen LogP contribution in [0.25, 0.3) is 0 Å². The van der Waals surface area contributed by atoms with Crippen LogP contribution in [0.4, 0.5) is 5.69 Å². The summed E-state index contributed by atoms with van der Waals surface area (Å²) in [4.78, 5) is 15.8. The van der Waals surface area contributed by atoms with Gasteiger partial charge in [-0.15, -0.1) is 0 Å². The molecule has 0 bridgehead atoms. The number of esters is 1.